The second kappa shape index (κ2) is 4.45. The molecule has 0 bridgehead atoms. The Morgan fingerprint density at radius 3 is 2.44 bits per heavy atom. The Balaban J connectivity index is 1.93. The first-order valence-corrected chi connectivity index (χ1v) is 6.59. The van der Waals surface area contributed by atoms with Crippen molar-refractivity contribution in [2.24, 2.45) is 0 Å². The van der Waals surface area contributed by atoms with Crippen LogP contribution in [0.3, 0.4) is 0 Å². The number of allylic oxidation sites excluding steroid dienone is 1. The maximum Gasteiger partial charge on any atom is 0.00933 e. The van der Waals surface area contributed by atoms with Gasteiger partial charge in [0.1, 0.15) is 0 Å². The van der Waals surface area contributed by atoms with E-state index in [-0.39, 0.29) is 0 Å². The van der Waals surface area contributed by atoms with Crippen molar-refractivity contribution >= 4 is 6.08 Å². The lowest BCUT2D eigenvalue weighted by molar-refractivity contribution is 0.684. The van der Waals surface area contributed by atoms with Gasteiger partial charge in [0.15, 0.2) is 0 Å². The van der Waals surface area contributed by atoms with Gasteiger partial charge < -0.3 is 0 Å². The number of benzene rings is 2. The molecule has 0 nitrogen and oxygen atoms in total. The molecular formula is C18H18. The minimum absolute atomic E-state index is 0.518. The minimum Gasteiger partial charge on any atom is -0.0758 e. The molecule has 1 aliphatic rings. The van der Waals surface area contributed by atoms with E-state index in [4.69, 9.17) is 0 Å². The fourth-order valence-electron chi connectivity index (χ4n) is 2.79. The number of fused-ring (bicyclic) bond motifs is 1. The molecule has 2 unspecified atom stereocenters. The lowest BCUT2D eigenvalue weighted by atomic mass is 9.84. The average Bonchev–Trinajstić information content (AvgIpc) is 2.82. The first kappa shape index (κ1) is 11.3. The van der Waals surface area contributed by atoms with E-state index >= 15 is 0 Å². The predicted octanol–water partition coefficient (Wildman–Crippen LogP) is 4.91. The summed E-state index contributed by atoms with van der Waals surface area (Å²) < 4.78 is 0. The van der Waals surface area contributed by atoms with E-state index in [0.717, 1.165) is 0 Å². The molecule has 2 aromatic rings. The normalized spacial score (nSPS) is 18.7. The molecule has 0 aromatic heterocycles. The van der Waals surface area contributed by atoms with Gasteiger partial charge in [-0.25, -0.2) is 0 Å². The standard InChI is InChI=1S/C18H18/c1-13-7-9-15(10-8-13)14(2)17-12-11-16-5-3-4-6-18(16)17/h3-12,14,17H,1-2H3. The number of hydrogen-bond acceptors (Lipinski definition) is 0. The molecule has 0 spiro atoms. The Morgan fingerprint density at radius 2 is 1.67 bits per heavy atom. The van der Waals surface area contributed by atoms with Crippen LogP contribution in [0.5, 0.6) is 0 Å². The Morgan fingerprint density at radius 1 is 0.944 bits per heavy atom. The molecule has 0 saturated carbocycles. The SMILES string of the molecule is Cc1ccc(C(C)C2C=Cc3ccccc32)cc1. The average molecular weight is 234 g/mol. The molecule has 0 heteroatoms. The van der Waals surface area contributed by atoms with Crippen molar-refractivity contribution in [1.82, 2.24) is 0 Å². The third-order valence-corrected chi connectivity index (χ3v) is 3.98. The lowest BCUT2D eigenvalue weighted by Gasteiger charge is -2.20. The maximum atomic E-state index is 2.34. The summed E-state index contributed by atoms with van der Waals surface area (Å²) in [5.41, 5.74) is 5.59. The van der Waals surface area contributed by atoms with Crippen molar-refractivity contribution < 1.29 is 0 Å². The van der Waals surface area contributed by atoms with Crippen LogP contribution in [0, 0.1) is 6.92 Å². The Labute approximate surface area is 109 Å². The Bertz CT molecular complexity index is 575. The van der Waals surface area contributed by atoms with Gasteiger partial charge in [0.25, 0.3) is 0 Å². The zero-order valence-electron chi connectivity index (χ0n) is 10.9. The molecule has 3 rings (SSSR count). The smallest absolute Gasteiger partial charge is 0.00933 e. The fourth-order valence-corrected chi connectivity index (χ4v) is 2.79. The summed E-state index contributed by atoms with van der Waals surface area (Å²) in [7, 11) is 0. The van der Waals surface area contributed by atoms with Gasteiger partial charge in [-0.1, -0.05) is 73.2 Å². The van der Waals surface area contributed by atoms with Crippen molar-refractivity contribution in [1.29, 1.82) is 0 Å². The van der Waals surface area contributed by atoms with Crippen LogP contribution in [0.4, 0.5) is 0 Å². The van der Waals surface area contributed by atoms with Gasteiger partial charge in [0.2, 0.25) is 0 Å². The molecule has 90 valence electrons. The molecule has 0 radical (unpaired) electrons. The molecule has 0 amide bonds. The maximum absolute atomic E-state index is 2.34. The van der Waals surface area contributed by atoms with E-state index in [2.05, 4.69) is 74.5 Å². The minimum atomic E-state index is 0.518. The summed E-state index contributed by atoms with van der Waals surface area (Å²) in [6, 6.07) is 17.6. The lowest BCUT2D eigenvalue weighted by Crippen LogP contribution is -2.04. The van der Waals surface area contributed by atoms with Gasteiger partial charge in [0.05, 0.1) is 0 Å². The number of hydrogen-bond donors (Lipinski definition) is 0. The highest BCUT2D eigenvalue weighted by Crippen LogP contribution is 2.40. The van der Waals surface area contributed by atoms with Crippen LogP contribution in [-0.2, 0) is 0 Å². The van der Waals surface area contributed by atoms with Crippen LogP contribution in [0.25, 0.3) is 6.08 Å². The Hall–Kier alpha value is -1.82. The van der Waals surface area contributed by atoms with Gasteiger partial charge in [-0.2, -0.15) is 0 Å². The third-order valence-electron chi connectivity index (χ3n) is 3.98. The molecule has 18 heavy (non-hydrogen) atoms. The highest BCUT2D eigenvalue weighted by molar-refractivity contribution is 5.63. The van der Waals surface area contributed by atoms with Gasteiger partial charge in [-0.3, -0.25) is 0 Å². The highest BCUT2D eigenvalue weighted by Gasteiger charge is 2.23. The van der Waals surface area contributed by atoms with Crippen molar-refractivity contribution in [2.45, 2.75) is 25.7 Å². The topological polar surface area (TPSA) is 0 Å². The van der Waals surface area contributed by atoms with Gasteiger partial charge >= 0.3 is 0 Å². The van der Waals surface area contributed by atoms with Crippen LogP contribution >= 0.6 is 0 Å². The van der Waals surface area contributed by atoms with Crippen molar-refractivity contribution in [2.75, 3.05) is 0 Å². The van der Waals surface area contributed by atoms with E-state index in [1.807, 2.05) is 0 Å². The molecule has 1 aliphatic carbocycles. The molecule has 2 aromatic carbocycles. The van der Waals surface area contributed by atoms with Crippen LogP contribution in [0.2, 0.25) is 0 Å². The molecule has 0 heterocycles. The summed E-state index contributed by atoms with van der Waals surface area (Å²) in [5.74, 6) is 1.05. The summed E-state index contributed by atoms with van der Waals surface area (Å²) in [4.78, 5) is 0. The third kappa shape index (κ3) is 1.88. The predicted molar refractivity (Wildman–Crippen MR) is 77.8 cm³/mol. The summed E-state index contributed by atoms with van der Waals surface area (Å²) in [5, 5.41) is 0. The molecule has 0 saturated heterocycles. The number of rotatable bonds is 2. The van der Waals surface area contributed by atoms with Crippen molar-refractivity contribution in [3.8, 4) is 0 Å². The highest BCUT2D eigenvalue weighted by atomic mass is 14.3. The molecule has 0 fully saturated rings. The monoisotopic (exact) mass is 234 g/mol. The van der Waals surface area contributed by atoms with Crippen molar-refractivity contribution in [3.05, 3.63) is 76.9 Å². The van der Waals surface area contributed by atoms with Crippen LogP contribution in [0.1, 0.15) is 41.0 Å². The van der Waals surface area contributed by atoms with E-state index < -0.39 is 0 Å². The quantitative estimate of drug-likeness (QED) is 0.692. The largest absolute Gasteiger partial charge is 0.0758 e. The van der Waals surface area contributed by atoms with E-state index in [9.17, 15) is 0 Å². The number of aryl methyl sites for hydroxylation is 1. The summed E-state index contributed by atoms with van der Waals surface area (Å²) in [6.07, 6.45) is 4.60. The van der Waals surface area contributed by atoms with Crippen LogP contribution < -0.4 is 0 Å². The fraction of sp³-hybridized carbons (Fsp3) is 0.222. The van der Waals surface area contributed by atoms with Gasteiger partial charge in [-0.15, -0.1) is 0 Å². The molecule has 0 N–H and O–H groups in total. The second-order valence-corrected chi connectivity index (χ2v) is 5.21. The second-order valence-electron chi connectivity index (χ2n) is 5.21. The molecular weight excluding hydrogens is 216 g/mol. The van der Waals surface area contributed by atoms with E-state index in [1.165, 1.54) is 22.3 Å². The molecule has 2 atom stereocenters. The van der Waals surface area contributed by atoms with Gasteiger partial charge in [0, 0.05) is 5.92 Å². The van der Waals surface area contributed by atoms with Gasteiger partial charge in [-0.05, 0) is 29.5 Å². The van der Waals surface area contributed by atoms with E-state index in [1.54, 1.807) is 0 Å². The first-order chi connectivity index (χ1) is 8.75. The van der Waals surface area contributed by atoms with E-state index in [0.29, 0.717) is 11.8 Å². The zero-order valence-corrected chi connectivity index (χ0v) is 10.9. The van der Waals surface area contributed by atoms with Crippen LogP contribution in [-0.4, -0.2) is 0 Å². The Kier molecular flexibility index (Phi) is 2.79. The van der Waals surface area contributed by atoms with Crippen LogP contribution in [0.15, 0.2) is 54.6 Å². The van der Waals surface area contributed by atoms with Crippen molar-refractivity contribution in [3.63, 3.8) is 0 Å². The zero-order chi connectivity index (χ0) is 12.5. The molecule has 0 aliphatic heterocycles. The summed E-state index contributed by atoms with van der Waals surface area (Å²) >= 11 is 0. The summed E-state index contributed by atoms with van der Waals surface area (Å²) in [6.45, 7) is 4.46. The first-order valence-electron chi connectivity index (χ1n) is 6.59.